The first-order valence-corrected chi connectivity index (χ1v) is 6.76. The lowest BCUT2D eigenvalue weighted by molar-refractivity contribution is -0.137. The van der Waals surface area contributed by atoms with Gasteiger partial charge in [0.25, 0.3) is 0 Å². The van der Waals surface area contributed by atoms with E-state index < -0.39 is 11.7 Å². The maximum atomic E-state index is 12.3. The molecule has 0 aliphatic carbocycles. The predicted octanol–water partition coefficient (Wildman–Crippen LogP) is 2.34. The molecule has 1 heterocycles. The number of methoxy groups -OCH3 is 1. The highest BCUT2D eigenvalue weighted by atomic mass is 32.2. The third-order valence-electron chi connectivity index (χ3n) is 2.24. The number of amides is 1. The second kappa shape index (κ2) is 7.49. The van der Waals surface area contributed by atoms with Crippen LogP contribution in [0.1, 0.15) is 12.5 Å². The summed E-state index contributed by atoms with van der Waals surface area (Å²) in [6, 6.07) is 2.08. The first-order chi connectivity index (χ1) is 9.32. The summed E-state index contributed by atoms with van der Waals surface area (Å²) in [6.07, 6.45) is -3.64. The van der Waals surface area contributed by atoms with Crippen molar-refractivity contribution in [2.24, 2.45) is 0 Å². The van der Waals surface area contributed by atoms with Crippen LogP contribution in [0.4, 0.5) is 13.2 Å². The molecular weight excluding hydrogens is 293 g/mol. The number of thioether (sulfide) groups is 1. The lowest BCUT2D eigenvalue weighted by Crippen LogP contribution is -2.36. The summed E-state index contributed by atoms with van der Waals surface area (Å²) in [5, 5.41) is 3.06. The first-order valence-electron chi connectivity index (χ1n) is 5.77. The van der Waals surface area contributed by atoms with Crippen LogP contribution in [0.25, 0.3) is 0 Å². The first kappa shape index (κ1) is 16.8. The molecule has 0 fully saturated rings. The van der Waals surface area contributed by atoms with Crippen LogP contribution in [0.15, 0.2) is 23.4 Å². The average Bonchev–Trinajstić information content (AvgIpc) is 2.36. The van der Waals surface area contributed by atoms with Crippen molar-refractivity contribution < 1.29 is 22.7 Å². The Balaban J connectivity index is 2.44. The lowest BCUT2D eigenvalue weighted by Gasteiger charge is -2.12. The number of carbonyl (C=O) groups excluding carboxylic acids is 1. The second-order valence-corrected chi connectivity index (χ2v) is 5.09. The molecule has 1 rings (SSSR count). The van der Waals surface area contributed by atoms with Crippen LogP contribution in [-0.4, -0.2) is 36.4 Å². The van der Waals surface area contributed by atoms with Crippen molar-refractivity contribution in [3.05, 3.63) is 23.9 Å². The molecule has 0 saturated heterocycles. The van der Waals surface area contributed by atoms with Crippen molar-refractivity contribution in [1.29, 1.82) is 0 Å². The lowest BCUT2D eigenvalue weighted by atomic mass is 10.3. The zero-order valence-corrected chi connectivity index (χ0v) is 11.8. The minimum atomic E-state index is -4.40. The van der Waals surface area contributed by atoms with Gasteiger partial charge in [-0.15, -0.1) is 0 Å². The fraction of sp³-hybridized carbons (Fsp3) is 0.500. The number of nitrogens with one attached hydrogen (secondary N) is 1. The number of rotatable bonds is 6. The van der Waals surface area contributed by atoms with Gasteiger partial charge in [0.15, 0.2) is 0 Å². The molecule has 1 amide bonds. The summed E-state index contributed by atoms with van der Waals surface area (Å²) in [5.41, 5.74) is -0.806. The van der Waals surface area contributed by atoms with Crippen LogP contribution >= 0.6 is 11.8 Å². The SMILES string of the molecule is COCC(C)NC(=O)CSc1ccc(C(F)(F)F)cn1. The number of hydrogen-bond acceptors (Lipinski definition) is 4. The fourth-order valence-corrected chi connectivity index (χ4v) is 2.03. The van der Waals surface area contributed by atoms with Crippen LogP contribution in [-0.2, 0) is 15.7 Å². The number of pyridine rings is 1. The zero-order chi connectivity index (χ0) is 15.2. The van der Waals surface area contributed by atoms with Crippen molar-refractivity contribution in [2.45, 2.75) is 24.2 Å². The van der Waals surface area contributed by atoms with Gasteiger partial charge in [-0.25, -0.2) is 4.98 Å². The maximum Gasteiger partial charge on any atom is 0.417 e. The maximum absolute atomic E-state index is 12.3. The van der Waals surface area contributed by atoms with E-state index in [9.17, 15) is 18.0 Å². The molecule has 20 heavy (non-hydrogen) atoms. The molecule has 1 N–H and O–H groups in total. The summed E-state index contributed by atoms with van der Waals surface area (Å²) >= 11 is 1.08. The quantitative estimate of drug-likeness (QED) is 0.820. The van der Waals surface area contributed by atoms with Gasteiger partial charge in [-0.2, -0.15) is 13.2 Å². The van der Waals surface area contributed by atoms with Gasteiger partial charge < -0.3 is 10.1 Å². The van der Waals surface area contributed by atoms with Crippen LogP contribution in [0, 0.1) is 0 Å². The van der Waals surface area contributed by atoms with Gasteiger partial charge in [-0.05, 0) is 19.1 Å². The Hall–Kier alpha value is -1.28. The summed E-state index contributed by atoms with van der Waals surface area (Å²) < 4.78 is 41.9. The standard InChI is InChI=1S/C12H15F3N2O2S/c1-8(6-19-2)17-10(18)7-20-11-4-3-9(5-16-11)12(13,14)15/h3-5,8H,6-7H2,1-2H3,(H,17,18). The van der Waals surface area contributed by atoms with Crippen molar-refractivity contribution in [1.82, 2.24) is 10.3 Å². The molecule has 0 aliphatic rings. The van der Waals surface area contributed by atoms with Crippen LogP contribution in [0.2, 0.25) is 0 Å². The predicted molar refractivity (Wildman–Crippen MR) is 69.4 cm³/mol. The van der Waals surface area contributed by atoms with Gasteiger partial charge in [0, 0.05) is 19.3 Å². The summed E-state index contributed by atoms with van der Waals surface area (Å²) in [6.45, 7) is 2.19. The highest BCUT2D eigenvalue weighted by Gasteiger charge is 2.30. The van der Waals surface area contributed by atoms with Crippen molar-refractivity contribution in [2.75, 3.05) is 19.5 Å². The topological polar surface area (TPSA) is 51.2 Å². The molecule has 0 bridgehead atoms. The van der Waals surface area contributed by atoms with Gasteiger partial charge in [0.05, 0.1) is 22.9 Å². The van der Waals surface area contributed by atoms with E-state index in [0.29, 0.717) is 11.6 Å². The van der Waals surface area contributed by atoms with Crippen molar-refractivity contribution in [3.63, 3.8) is 0 Å². The smallest absolute Gasteiger partial charge is 0.383 e. The van der Waals surface area contributed by atoms with Crippen LogP contribution in [0.5, 0.6) is 0 Å². The van der Waals surface area contributed by atoms with E-state index in [1.54, 1.807) is 6.92 Å². The molecule has 0 spiro atoms. The van der Waals surface area contributed by atoms with Gasteiger partial charge in [0.1, 0.15) is 0 Å². The number of aromatic nitrogens is 1. The number of carbonyl (C=O) groups is 1. The van der Waals surface area contributed by atoms with Gasteiger partial charge in [0.2, 0.25) is 5.91 Å². The van der Waals surface area contributed by atoms with E-state index in [1.165, 1.54) is 13.2 Å². The molecule has 1 aromatic rings. The van der Waals surface area contributed by atoms with Crippen LogP contribution < -0.4 is 5.32 Å². The highest BCUT2D eigenvalue weighted by molar-refractivity contribution is 7.99. The van der Waals surface area contributed by atoms with E-state index in [2.05, 4.69) is 10.3 Å². The summed E-state index contributed by atoms with van der Waals surface area (Å²) in [7, 11) is 1.53. The summed E-state index contributed by atoms with van der Waals surface area (Å²) in [5.74, 6) is -0.131. The molecule has 0 radical (unpaired) electrons. The number of ether oxygens (including phenoxy) is 1. The molecule has 1 aromatic heterocycles. The van der Waals surface area contributed by atoms with E-state index in [-0.39, 0.29) is 17.7 Å². The number of alkyl halides is 3. The number of nitrogens with zero attached hydrogens (tertiary/aromatic N) is 1. The minimum absolute atomic E-state index is 0.0897. The third-order valence-corrected chi connectivity index (χ3v) is 3.18. The van der Waals surface area contributed by atoms with E-state index in [4.69, 9.17) is 4.74 Å². The Kier molecular flexibility index (Phi) is 6.28. The van der Waals surface area contributed by atoms with Gasteiger partial charge in [-0.1, -0.05) is 11.8 Å². The fourth-order valence-electron chi connectivity index (χ4n) is 1.38. The Morgan fingerprint density at radius 3 is 2.70 bits per heavy atom. The highest BCUT2D eigenvalue weighted by Crippen LogP contribution is 2.29. The Morgan fingerprint density at radius 1 is 1.50 bits per heavy atom. The average molecular weight is 308 g/mol. The third kappa shape index (κ3) is 5.79. The largest absolute Gasteiger partial charge is 0.417 e. The normalized spacial score (nSPS) is 13.1. The Bertz CT molecular complexity index is 437. The number of halogens is 3. The van der Waals surface area contributed by atoms with E-state index in [1.807, 2.05) is 0 Å². The van der Waals surface area contributed by atoms with E-state index in [0.717, 1.165) is 24.0 Å². The molecule has 1 atom stereocenters. The molecule has 0 saturated carbocycles. The Morgan fingerprint density at radius 2 is 2.20 bits per heavy atom. The van der Waals surface area contributed by atoms with Gasteiger partial charge >= 0.3 is 6.18 Å². The molecule has 4 nitrogen and oxygen atoms in total. The number of hydrogen-bond donors (Lipinski definition) is 1. The summed E-state index contributed by atoms with van der Waals surface area (Å²) in [4.78, 5) is 15.2. The molecular formula is C12H15F3N2O2S. The van der Waals surface area contributed by atoms with Crippen molar-refractivity contribution in [3.8, 4) is 0 Å². The van der Waals surface area contributed by atoms with Crippen molar-refractivity contribution >= 4 is 17.7 Å². The van der Waals surface area contributed by atoms with Gasteiger partial charge in [-0.3, -0.25) is 4.79 Å². The molecule has 0 aromatic carbocycles. The zero-order valence-electron chi connectivity index (χ0n) is 11.0. The van der Waals surface area contributed by atoms with Crippen LogP contribution in [0.3, 0.4) is 0 Å². The van der Waals surface area contributed by atoms with E-state index >= 15 is 0 Å². The molecule has 8 heteroatoms. The Labute approximate surface area is 119 Å². The molecule has 0 aliphatic heterocycles. The molecule has 112 valence electrons. The minimum Gasteiger partial charge on any atom is -0.383 e. The monoisotopic (exact) mass is 308 g/mol. The molecule has 1 unspecified atom stereocenters. The second-order valence-electron chi connectivity index (χ2n) is 4.10.